The van der Waals surface area contributed by atoms with Gasteiger partial charge in [0.15, 0.2) is 0 Å². The maximum Gasteiger partial charge on any atom is 0.416 e. The second kappa shape index (κ2) is 6.96. The van der Waals surface area contributed by atoms with Crippen molar-refractivity contribution in [2.75, 3.05) is 0 Å². The summed E-state index contributed by atoms with van der Waals surface area (Å²) in [6.45, 7) is 0. The number of fused-ring (bicyclic) bond motifs is 1. The molecule has 0 aliphatic carbocycles. The SMILES string of the molecule is Fc1ccc(C2=Nc3ccc(C(F)(F)F)cc3/C(=C/c3ccccc3)O2)cc1. The number of halogens is 4. The predicted octanol–water partition coefficient (Wildman–Crippen LogP) is 6.45. The van der Waals surface area contributed by atoms with Crippen molar-refractivity contribution >= 4 is 23.4 Å². The molecule has 0 spiro atoms. The molecule has 6 heteroatoms. The highest BCUT2D eigenvalue weighted by Gasteiger charge is 2.32. The third kappa shape index (κ3) is 3.67. The Bertz CT molecular complexity index is 1070. The molecule has 0 radical (unpaired) electrons. The lowest BCUT2D eigenvalue weighted by molar-refractivity contribution is -0.137. The van der Waals surface area contributed by atoms with Crippen LogP contribution in [0.3, 0.4) is 0 Å². The van der Waals surface area contributed by atoms with Crippen LogP contribution in [0.1, 0.15) is 22.3 Å². The summed E-state index contributed by atoms with van der Waals surface area (Å²) < 4.78 is 58.5. The second-order valence-electron chi connectivity index (χ2n) is 6.17. The van der Waals surface area contributed by atoms with E-state index in [2.05, 4.69) is 4.99 Å². The fourth-order valence-corrected chi connectivity index (χ4v) is 2.82. The van der Waals surface area contributed by atoms with Gasteiger partial charge in [-0.25, -0.2) is 9.38 Å². The molecule has 0 saturated heterocycles. The minimum absolute atomic E-state index is 0.189. The van der Waals surface area contributed by atoms with Gasteiger partial charge in [0.25, 0.3) is 0 Å². The minimum Gasteiger partial charge on any atom is -0.438 e. The first-order chi connectivity index (χ1) is 13.4. The van der Waals surface area contributed by atoms with Crippen LogP contribution in [0.4, 0.5) is 23.2 Å². The molecule has 1 aliphatic heterocycles. The maximum atomic E-state index is 13.2. The number of rotatable bonds is 2. The molecule has 140 valence electrons. The summed E-state index contributed by atoms with van der Waals surface area (Å²) in [4.78, 5) is 4.32. The van der Waals surface area contributed by atoms with Crippen LogP contribution in [0.25, 0.3) is 11.8 Å². The average Bonchev–Trinajstić information content (AvgIpc) is 2.68. The van der Waals surface area contributed by atoms with Gasteiger partial charge in [0.1, 0.15) is 11.6 Å². The highest BCUT2D eigenvalue weighted by molar-refractivity contribution is 6.04. The molecule has 3 aromatic rings. The summed E-state index contributed by atoms with van der Waals surface area (Å²) >= 11 is 0. The van der Waals surface area contributed by atoms with E-state index >= 15 is 0 Å². The van der Waals surface area contributed by atoms with Crippen LogP contribution < -0.4 is 0 Å². The summed E-state index contributed by atoms with van der Waals surface area (Å²) in [5.74, 6) is 0.0199. The molecule has 0 aromatic heterocycles. The smallest absolute Gasteiger partial charge is 0.416 e. The van der Waals surface area contributed by atoms with E-state index in [1.165, 1.54) is 30.3 Å². The third-order valence-electron chi connectivity index (χ3n) is 4.21. The molecule has 1 heterocycles. The van der Waals surface area contributed by atoms with E-state index < -0.39 is 17.6 Å². The van der Waals surface area contributed by atoms with E-state index in [1.54, 1.807) is 6.08 Å². The van der Waals surface area contributed by atoms with Crippen molar-refractivity contribution in [3.8, 4) is 0 Å². The number of benzene rings is 3. The van der Waals surface area contributed by atoms with Crippen LogP contribution >= 0.6 is 0 Å². The molecule has 4 rings (SSSR count). The van der Waals surface area contributed by atoms with Crippen molar-refractivity contribution in [1.82, 2.24) is 0 Å². The molecule has 1 aliphatic rings. The Labute approximate surface area is 158 Å². The highest BCUT2D eigenvalue weighted by atomic mass is 19.4. The van der Waals surface area contributed by atoms with Gasteiger partial charge in [-0.2, -0.15) is 13.2 Å². The van der Waals surface area contributed by atoms with Gasteiger partial charge < -0.3 is 4.74 Å². The van der Waals surface area contributed by atoms with E-state index in [0.717, 1.165) is 17.7 Å². The van der Waals surface area contributed by atoms with Crippen molar-refractivity contribution in [1.29, 1.82) is 0 Å². The summed E-state index contributed by atoms with van der Waals surface area (Å²) in [7, 11) is 0. The molecule has 0 N–H and O–H groups in total. The number of ether oxygens (including phenoxy) is 1. The Morgan fingerprint density at radius 2 is 1.57 bits per heavy atom. The Kier molecular flexibility index (Phi) is 4.47. The first-order valence-corrected chi connectivity index (χ1v) is 8.41. The lowest BCUT2D eigenvalue weighted by Crippen LogP contribution is -2.12. The zero-order chi connectivity index (χ0) is 19.7. The van der Waals surface area contributed by atoms with Crippen molar-refractivity contribution in [2.24, 2.45) is 4.99 Å². The van der Waals surface area contributed by atoms with Gasteiger partial charge in [-0.15, -0.1) is 0 Å². The molecule has 0 atom stereocenters. The largest absolute Gasteiger partial charge is 0.438 e. The number of aliphatic imine (C=N–C) groups is 1. The van der Waals surface area contributed by atoms with Gasteiger partial charge in [0, 0.05) is 11.1 Å². The lowest BCUT2D eigenvalue weighted by Gasteiger charge is -2.21. The van der Waals surface area contributed by atoms with E-state index in [-0.39, 0.29) is 17.2 Å². The van der Waals surface area contributed by atoms with E-state index in [9.17, 15) is 17.6 Å². The topological polar surface area (TPSA) is 21.6 Å². The first-order valence-electron chi connectivity index (χ1n) is 8.41. The van der Waals surface area contributed by atoms with Crippen molar-refractivity contribution in [3.63, 3.8) is 0 Å². The molecular weight excluding hydrogens is 370 g/mol. The van der Waals surface area contributed by atoms with Gasteiger partial charge in [-0.3, -0.25) is 0 Å². The Hall–Kier alpha value is -3.41. The zero-order valence-corrected chi connectivity index (χ0v) is 14.4. The van der Waals surface area contributed by atoms with Crippen molar-refractivity contribution < 1.29 is 22.3 Å². The standard InChI is InChI=1S/C22H13F4NO/c23-17-9-6-15(7-10-17)21-27-19-11-8-16(22(24,25)26)13-18(19)20(28-21)12-14-4-2-1-3-5-14/h1-13H/b20-12-. The van der Waals surface area contributed by atoms with Crippen LogP contribution in [-0.4, -0.2) is 5.90 Å². The van der Waals surface area contributed by atoms with Gasteiger partial charge in [0.2, 0.25) is 5.90 Å². The van der Waals surface area contributed by atoms with Crippen LogP contribution in [-0.2, 0) is 10.9 Å². The van der Waals surface area contributed by atoms with Crippen LogP contribution in [0, 0.1) is 5.82 Å². The van der Waals surface area contributed by atoms with Gasteiger partial charge >= 0.3 is 6.18 Å². The van der Waals surface area contributed by atoms with Gasteiger partial charge in [0.05, 0.1) is 11.3 Å². The summed E-state index contributed by atoms with van der Waals surface area (Å²) in [5, 5.41) is 0. The number of alkyl halides is 3. The molecule has 28 heavy (non-hydrogen) atoms. The summed E-state index contributed by atoms with van der Waals surface area (Å²) in [6.07, 6.45) is -2.83. The Balaban J connectivity index is 1.86. The number of hydrogen-bond acceptors (Lipinski definition) is 2. The van der Waals surface area contributed by atoms with Gasteiger partial charge in [-0.1, -0.05) is 30.3 Å². The summed E-state index contributed by atoms with van der Waals surface area (Å²) in [6, 6.07) is 18.0. The average molecular weight is 383 g/mol. The molecule has 0 unspecified atom stereocenters. The molecule has 0 bridgehead atoms. The summed E-state index contributed by atoms with van der Waals surface area (Å²) in [5.41, 5.74) is 1.09. The predicted molar refractivity (Wildman–Crippen MR) is 99.4 cm³/mol. The normalized spacial score (nSPS) is 15.0. The van der Waals surface area contributed by atoms with Crippen molar-refractivity contribution in [3.05, 3.63) is 101 Å². The molecule has 0 amide bonds. The maximum absolute atomic E-state index is 13.2. The molecular formula is C22H13F4NO. The second-order valence-corrected chi connectivity index (χ2v) is 6.17. The lowest BCUT2D eigenvalue weighted by atomic mass is 10.0. The monoisotopic (exact) mass is 383 g/mol. The number of nitrogens with zero attached hydrogens (tertiary/aromatic N) is 1. The highest BCUT2D eigenvalue weighted by Crippen LogP contribution is 2.39. The minimum atomic E-state index is -4.48. The van der Waals surface area contributed by atoms with Crippen LogP contribution in [0.15, 0.2) is 77.8 Å². The first kappa shape index (κ1) is 18.0. The molecule has 3 aromatic carbocycles. The fourth-order valence-electron chi connectivity index (χ4n) is 2.82. The van der Waals surface area contributed by atoms with E-state index in [4.69, 9.17) is 4.74 Å². The molecule has 0 fully saturated rings. The molecule has 0 saturated carbocycles. The van der Waals surface area contributed by atoms with E-state index in [0.29, 0.717) is 11.3 Å². The Morgan fingerprint density at radius 1 is 0.857 bits per heavy atom. The third-order valence-corrected chi connectivity index (χ3v) is 4.21. The van der Waals surface area contributed by atoms with Crippen molar-refractivity contribution in [2.45, 2.75) is 6.18 Å². The Morgan fingerprint density at radius 3 is 2.25 bits per heavy atom. The molecule has 2 nitrogen and oxygen atoms in total. The fraction of sp³-hybridized carbons (Fsp3) is 0.0455. The van der Waals surface area contributed by atoms with Crippen LogP contribution in [0.2, 0.25) is 0 Å². The quantitative estimate of drug-likeness (QED) is 0.466. The van der Waals surface area contributed by atoms with Gasteiger partial charge in [-0.05, 0) is 54.1 Å². The van der Waals surface area contributed by atoms with Crippen LogP contribution in [0.5, 0.6) is 0 Å². The van der Waals surface area contributed by atoms with E-state index in [1.807, 2.05) is 30.3 Å². The zero-order valence-electron chi connectivity index (χ0n) is 14.4. The number of hydrogen-bond donors (Lipinski definition) is 0.